The molecule has 1 atom stereocenters. The van der Waals surface area contributed by atoms with Crippen molar-refractivity contribution in [2.75, 3.05) is 13.1 Å². The Kier molecular flexibility index (Phi) is 3.76. The minimum absolute atomic E-state index is 0.0588. The summed E-state index contributed by atoms with van der Waals surface area (Å²) in [5.41, 5.74) is 0.641. The standard InChI is InChI=1S/C18H20N4O2/c23-17(22-9-3-4-14(12-22)18(24)6-7-18)13-10-20-16(21-11-13)15-5-1-2-8-19-15/h1-2,5,8,10-11,14,24H,3-4,6-7,9,12H2. The van der Waals surface area contributed by atoms with Gasteiger partial charge in [-0.05, 0) is 37.8 Å². The van der Waals surface area contributed by atoms with Gasteiger partial charge in [0.1, 0.15) is 5.69 Å². The molecule has 1 aliphatic carbocycles. The summed E-state index contributed by atoms with van der Waals surface area (Å²) in [4.78, 5) is 27.3. The van der Waals surface area contributed by atoms with Crippen LogP contribution in [0, 0.1) is 5.92 Å². The minimum atomic E-state index is -0.529. The van der Waals surface area contributed by atoms with E-state index in [1.807, 2.05) is 23.1 Å². The number of likely N-dealkylation sites (tertiary alicyclic amines) is 1. The normalized spacial score (nSPS) is 22.2. The maximum Gasteiger partial charge on any atom is 0.257 e. The van der Waals surface area contributed by atoms with E-state index in [1.165, 1.54) is 0 Å². The average molecular weight is 324 g/mol. The summed E-state index contributed by atoms with van der Waals surface area (Å²) >= 11 is 0. The zero-order chi connectivity index (χ0) is 16.6. The molecule has 2 aliphatic rings. The topological polar surface area (TPSA) is 79.2 Å². The number of carbonyl (C=O) groups excluding carboxylic acids is 1. The van der Waals surface area contributed by atoms with Gasteiger partial charge >= 0.3 is 0 Å². The van der Waals surface area contributed by atoms with Gasteiger partial charge in [0.25, 0.3) is 5.91 Å². The van der Waals surface area contributed by atoms with Gasteiger partial charge in [0, 0.05) is 37.6 Å². The van der Waals surface area contributed by atoms with Crippen molar-refractivity contribution in [3.8, 4) is 11.5 Å². The Bertz CT molecular complexity index is 728. The Morgan fingerprint density at radius 3 is 2.67 bits per heavy atom. The molecule has 0 aromatic carbocycles. The van der Waals surface area contributed by atoms with Gasteiger partial charge in [-0.15, -0.1) is 0 Å². The maximum atomic E-state index is 12.7. The molecule has 2 aromatic heterocycles. The predicted molar refractivity (Wildman–Crippen MR) is 88.1 cm³/mol. The fraction of sp³-hybridized carbons (Fsp3) is 0.444. The van der Waals surface area contributed by atoms with Crippen LogP contribution in [0.5, 0.6) is 0 Å². The van der Waals surface area contributed by atoms with E-state index >= 15 is 0 Å². The molecule has 0 bridgehead atoms. The smallest absolute Gasteiger partial charge is 0.257 e. The summed E-state index contributed by atoms with van der Waals surface area (Å²) in [7, 11) is 0. The number of rotatable bonds is 3. The van der Waals surface area contributed by atoms with E-state index in [1.54, 1.807) is 18.6 Å². The molecule has 124 valence electrons. The van der Waals surface area contributed by atoms with Gasteiger partial charge in [0.15, 0.2) is 5.82 Å². The lowest BCUT2D eigenvalue weighted by Gasteiger charge is -2.35. The molecule has 0 spiro atoms. The number of carbonyl (C=O) groups is 1. The quantitative estimate of drug-likeness (QED) is 0.933. The first-order chi connectivity index (χ1) is 11.7. The molecule has 1 saturated carbocycles. The molecule has 1 amide bonds. The molecule has 6 nitrogen and oxygen atoms in total. The second-order valence-corrected chi connectivity index (χ2v) is 6.70. The van der Waals surface area contributed by atoms with Crippen molar-refractivity contribution in [1.29, 1.82) is 0 Å². The van der Waals surface area contributed by atoms with Crippen molar-refractivity contribution in [2.24, 2.45) is 5.92 Å². The van der Waals surface area contributed by atoms with Crippen molar-refractivity contribution in [3.63, 3.8) is 0 Å². The summed E-state index contributed by atoms with van der Waals surface area (Å²) < 4.78 is 0. The Balaban J connectivity index is 1.48. The van der Waals surface area contributed by atoms with Crippen LogP contribution in [0.4, 0.5) is 0 Å². The molecule has 4 rings (SSSR count). The number of amides is 1. The zero-order valence-corrected chi connectivity index (χ0v) is 13.4. The molecule has 2 aromatic rings. The fourth-order valence-electron chi connectivity index (χ4n) is 3.38. The number of piperidine rings is 1. The van der Waals surface area contributed by atoms with E-state index in [-0.39, 0.29) is 11.8 Å². The van der Waals surface area contributed by atoms with Crippen LogP contribution >= 0.6 is 0 Å². The lowest BCUT2D eigenvalue weighted by Crippen LogP contribution is -2.44. The first kappa shape index (κ1) is 15.2. The summed E-state index contributed by atoms with van der Waals surface area (Å²) in [6, 6.07) is 5.55. The lowest BCUT2D eigenvalue weighted by molar-refractivity contribution is 0.0282. The van der Waals surface area contributed by atoms with E-state index < -0.39 is 5.60 Å². The lowest BCUT2D eigenvalue weighted by atomic mass is 9.90. The van der Waals surface area contributed by atoms with Crippen molar-refractivity contribution < 1.29 is 9.90 Å². The van der Waals surface area contributed by atoms with Crippen molar-refractivity contribution in [2.45, 2.75) is 31.3 Å². The number of aliphatic hydroxyl groups is 1. The van der Waals surface area contributed by atoms with Gasteiger partial charge in [0.05, 0.1) is 11.2 Å². The van der Waals surface area contributed by atoms with Crippen molar-refractivity contribution in [3.05, 3.63) is 42.4 Å². The molecular formula is C18H20N4O2. The Hall–Kier alpha value is -2.34. The highest BCUT2D eigenvalue weighted by atomic mass is 16.3. The van der Waals surface area contributed by atoms with Crippen molar-refractivity contribution in [1.82, 2.24) is 19.9 Å². The van der Waals surface area contributed by atoms with Crippen LogP contribution in [0.25, 0.3) is 11.5 Å². The first-order valence-electron chi connectivity index (χ1n) is 8.41. The van der Waals surface area contributed by atoms with E-state index in [0.717, 1.165) is 32.2 Å². The molecule has 2 fully saturated rings. The monoisotopic (exact) mass is 324 g/mol. The maximum absolute atomic E-state index is 12.7. The second kappa shape index (κ2) is 5.94. The fourth-order valence-corrected chi connectivity index (χ4v) is 3.38. The summed E-state index contributed by atoms with van der Waals surface area (Å²) in [5.74, 6) is 0.649. The van der Waals surface area contributed by atoms with Gasteiger partial charge in [0.2, 0.25) is 0 Å². The predicted octanol–water partition coefficient (Wildman–Crippen LogP) is 1.92. The first-order valence-corrected chi connectivity index (χ1v) is 8.41. The van der Waals surface area contributed by atoms with E-state index in [4.69, 9.17) is 0 Å². The van der Waals surface area contributed by atoms with Gasteiger partial charge in [-0.3, -0.25) is 9.78 Å². The number of pyridine rings is 1. The van der Waals surface area contributed by atoms with Crippen molar-refractivity contribution >= 4 is 5.91 Å². The summed E-state index contributed by atoms with van der Waals surface area (Å²) in [5, 5.41) is 10.3. The van der Waals surface area contributed by atoms with Gasteiger partial charge in [-0.1, -0.05) is 6.07 Å². The van der Waals surface area contributed by atoms with Crippen LogP contribution in [0.3, 0.4) is 0 Å². The highest BCUT2D eigenvalue weighted by Crippen LogP contribution is 2.45. The van der Waals surface area contributed by atoms with Crippen LogP contribution in [-0.4, -0.2) is 49.6 Å². The van der Waals surface area contributed by atoms with Crippen LogP contribution in [0.2, 0.25) is 0 Å². The Labute approximate surface area is 140 Å². The van der Waals surface area contributed by atoms with Gasteiger partial charge < -0.3 is 10.0 Å². The number of hydrogen-bond donors (Lipinski definition) is 1. The SMILES string of the molecule is O=C(c1cnc(-c2ccccn2)nc1)N1CCCC(C2(O)CC2)C1. The zero-order valence-electron chi connectivity index (χ0n) is 13.4. The van der Waals surface area contributed by atoms with Crippen LogP contribution < -0.4 is 0 Å². The molecular weight excluding hydrogens is 304 g/mol. The number of aromatic nitrogens is 3. The third kappa shape index (κ3) is 2.89. The van der Waals surface area contributed by atoms with Gasteiger partial charge in [-0.25, -0.2) is 9.97 Å². The Morgan fingerprint density at radius 2 is 2.00 bits per heavy atom. The largest absolute Gasteiger partial charge is 0.390 e. The van der Waals surface area contributed by atoms with E-state index in [2.05, 4.69) is 15.0 Å². The molecule has 1 saturated heterocycles. The van der Waals surface area contributed by atoms with Crippen LogP contribution in [-0.2, 0) is 0 Å². The third-order valence-electron chi connectivity index (χ3n) is 5.02. The summed E-state index contributed by atoms with van der Waals surface area (Å²) in [6.45, 7) is 1.35. The molecule has 1 N–H and O–H groups in total. The average Bonchev–Trinajstić information content (AvgIpc) is 3.41. The highest BCUT2D eigenvalue weighted by Gasteiger charge is 2.49. The minimum Gasteiger partial charge on any atom is -0.390 e. The van der Waals surface area contributed by atoms with Crippen LogP contribution in [0.1, 0.15) is 36.0 Å². The summed E-state index contributed by atoms with van der Waals surface area (Å²) in [6.07, 6.45) is 8.47. The molecule has 1 unspecified atom stereocenters. The molecule has 24 heavy (non-hydrogen) atoms. The van der Waals surface area contributed by atoms with E-state index in [0.29, 0.717) is 23.6 Å². The third-order valence-corrected chi connectivity index (χ3v) is 5.02. The number of nitrogens with zero attached hydrogens (tertiary/aromatic N) is 4. The molecule has 6 heteroatoms. The second-order valence-electron chi connectivity index (χ2n) is 6.70. The Morgan fingerprint density at radius 1 is 1.21 bits per heavy atom. The molecule has 0 radical (unpaired) electrons. The van der Waals surface area contributed by atoms with Crippen LogP contribution in [0.15, 0.2) is 36.8 Å². The van der Waals surface area contributed by atoms with E-state index in [9.17, 15) is 9.90 Å². The molecule has 1 aliphatic heterocycles. The number of hydrogen-bond acceptors (Lipinski definition) is 5. The molecule has 3 heterocycles. The highest BCUT2D eigenvalue weighted by molar-refractivity contribution is 5.93. The van der Waals surface area contributed by atoms with Gasteiger partial charge in [-0.2, -0.15) is 0 Å².